The third-order valence-electron chi connectivity index (χ3n) is 9.99. The number of hydrogen-bond donors (Lipinski definition) is 2. The summed E-state index contributed by atoms with van der Waals surface area (Å²) in [7, 11) is -4.30. The Hall–Kier alpha value is -2.58. The van der Waals surface area contributed by atoms with Gasteiger partial charge in [-0.15, -0.1) is 0 Å². The standard InChI is InChI=1S/C53H92NO7P/c1-3-5-7-9-11-13-15-17-19-21-23-25-26-27-28-30-32-34-36-38-40-42-44-46-53(55)61-52(51-60-62(56,57)59-49-47-54)50-58-48-45-43-41-39-37-35-33-31-29-24-22-20-18-16-14-12-10-8-6-4-2/h5,7,11,13,17-20,23,25,27-28,32,34,38,40,52H,3-4,6,8-10,12,14-16,21-22,24,26,29-31,33,35-37,39,41-51,54H2,1-2H3,(H,56,57)/b7-5-,13-11-,19-17-,20-18-,25-23-,28-27-,34-32-,40-38-. The zero-order chi connectivity index (χ0) is 45.1. The molecule has 0 heterocycles. The summed E-state index contributed by atoms with van der Waals surface area (Å²) in [6.07, 6.45) is 65.9. The third kappa shape index (κ3) is 48.5. The van der Waals surface area contributed by atoms with E-state index in [1.54, 1.807) is 0 Å². The lowest BCUT2D eigenvalue weighted by molar-refractivity contribution is -0.154. The Labute approximate surface area is 380 Å². The summed E-state index contributed by atoms with van der Waals surface area (Å²) in [6, 6.07) is 0. The normalized spacial score (nSPS) is 14.2. The van der Waals surface area contributed by atoms with Crippen molar-refractivity contribution in [2.75, 3.05) is 33.0 Å². The van der Waals surface area contributed by atoms with Crippen molar-refractivity contribution in [1.82, 2.24) is 0 Å². The first-order chi connectivity index (χ1) is 30.4. The Morgan fingerprint density at radius 1 is 0.500 bits per heavy atom. The van der Waals surface area contributed by atoms with Crippen LogP contribution in [0.15, 0.2) is 97.2 Å². The van der Waals surface area contributed by atoms with Gasteiger partial charge in [-0.25, -0.2) is 4.57 Å². The highest BCUT2D eigenvalue weighted by Crippen LogP contribution is 2.43. The molecule has 62 heavy (non-hydrogen) atoms. The van der Waals surface area contributed by atoms with Crippen LogP contribution in [0.1, 0.15) is 194 Å². The van der Waals surface area contributed by atoms with Crippen LogP contribution < -0.4 is 5.73 Å². The highest BCUT2D eigenvalue weighted by Gasteiger charge is 2.25. The molecule has 0 aliphatic carbocycles. The van der Waals surface area contributed by atoms with Gasteiger partial charge in [0.2, 0.25) is 0 Å². The Morgan fingerprint density at radius 2 is 0.903 bits per heavy atom. The van der Waals surface area contributed by atoms with Gasteiger partial charge in [0, 0.05) is 19.6 Å². The van der Waals surface area contributed by atoms with Gasteiger partial charge in [-0.2, -0.15) is 0 Å². The van der Waals surface area contributed by atoms with Crippen LogP contribution in [0.5, 0.6) is 0 Å². The number of esters is 1. The van der Waals surface area contributed by atoms with Gasteiger partial charge < -0.3 is 20.1 Å². The van der Waals surface area contributed by atoms with Gasteiger partial charge >= 0.3 is 13.8 Å². The lowest BCUT2D eigenvalue weighted by Gasteiger charge is -2.20. The maximum atomic E-state index is 12.6. The Balaban J connectivity index is 4.11. The lowest BCUT2D eigenvalue weighted by atomic mass is 10.1. The van der Waals surface area contributed by atoms with Crippen molar-refractivity contribution in [3.05, 3.63) is 97.2 Å². The molecule has 356 valence electrons. The predicted molar refractivity (Wildman–Crippen MR) is 265 cm³/mol. The summed E-state index contributed by atoms with van der Waals surface area (Å²) in [6.45, 7) is 4.72. The minimum Gasteiger partial charge on any atom is -0.457 e. The SMILES string of the molecule is CC/C=C\C/C=C\C/C=C\C/C=C\C/C=C\C/C=C\C/C=C\CCCC(=O)OC(COCCCCCCCCCCCC/C=C\CCCCCCCC)COP(=O)(O)OCCN. The fraction of sp³-hybridized carbons (Fsp3) is 0.679. The second-order valence-corrected chi connectivity index (χ2v) is 17.4. The first-order valence-electron chi connectivity index (χ1n) is 24.7. The number of phosphoric acid groups is 1. The molecule has 0 rings (SSSR count). The van der Waals surface area contributed by atoms with Crippen LogP contribution in [0.2, 0.25) is 0 Å². The van der Waals surface area contributed by atoms with Crippen LogP contribution >= 0.6 is 7.82 Å². The molecule has 0 aromatic carbocycles. The molecular weight excluding hydrogens is 794 g/mol. The van der Waals surface area contributed by atoms with Crippen molar-refractivity contribution in [2.24, 2.45) is 5.73 Å². The molecule has 0 aromatic heterocycles. The van der Waals surface area contributed by atoms with Gasteiger partial charge in [-0.05, 0) is 89.9 Å². The first-order valence-corrected chi connectivity index (χ1v) is 26.2. The van der Waals surface area contributed by atoms with Crippen molar-refractivity contribution in [1.29, 1.82) is 0 Å². The molecule has 0 bridgehead atoms. The van der Waals surface area contributed by atoms with Crippen LogP contribution in [0.3, 0.4) is 0 Å². The van der Waals surface area contributed by atoms with E-state index in [9.17, 15) is 14.3 Å². The summed E-state index contributed by atoms with van der Waals surface area (Å²) >= 11 is 0. The Kier molecular flexibility index (Phi) is 47.4. The number of hydrogen-bond acceptors (Lipinski definition) is 7. The van der Waals surface area contributed by atoms with Crippen molar-refractivity contribution in [3.8, 4) is 0 Å². The molecule has 0 fully saturated rings. The van der Waals surface area contributed by atoms with Crippen molar-refractivity contribution in [3.63, 3.8) is 0 Å². The van der Waals surface area contributed by atoms with Gasteiger partial charge in [-0.3, -0.25) is 13.8 Å². The Bertz CT molecular complexity index is 1270. The average molecular weight is 886 g/mol. The molecule has 2 unspecified atom stereocenters. The Morgan fingerprint density at radius 3 is 1.37 bits per heavy atom. The first kappa shape index (κ1) is 59.4. The molecule has 0 radical (unpaired) electrons. The van der Waals surface area contributed by atoms with E-state index in [1.165, 1.54) is 103 Å². The number of rotatable bonds is 46. The minimum atomic E-state index is -4.30. The number of nitrogens with two attached hydrogens (primary N) is 1. The summed E-state index contributed by atoms with van der Waals surface area (Å²) in [5.74, 6) is -0.390. The van der Waals surface area contributed by atoms with Gasteiger partial charge in [0.25, 0.3) is 0 Å². The molecule has 0 aliphatic heterocycles. The lowest BCUT2D eigenvalue weighted by Crippen LogP contribution is -2.28. The second kappa shape index (κ2) is 49.4. The molecule has 3 N–H and O–H groups in total. The fourth-order valence-corrected chi connectivity index (χ4v) is 7.16. The zero-order valence-electron chi connectivity index (χ0n) is 39.6. The molecule has 9 heteroatoms. The third-order valence-corrected chi connectivity index (χ3v) is 11.0. The number of ether oxygens (including phenoxy) is 2. The van der Waals surface area contributed by atoms with Crippen LogP contribution in [-0.4, -0.2) is 49.9 Å². The molecule has 0 aromatic rings. The van der Waals surface area contributed by atoms with Gasteiger partial charge in [0.05, 0.1) is 19.8 Å². The number of unbranched alkanes of at least 4 members (excludes halogenated alkanes) is 17. The van der Waals surface area contributed by atoms with E-state index in [-0.39, 0.29) is 38.8 Å². The number of carbonyl (C=O) groups is 1. The minimum absolute atomic E-state index is 0.0861. The van der Waals surface area contributed by atoms with Crippen molar-refractivity contribution in [2.45, 2.75) is 200 Å². The quantitative estimate of drug-likeness (QED) is 0.0269. The fourth-order valence-electron chi connectivity index (χ4n) is 6.39. The maximum Gasteiger partial charge on any atom is 0.472 e. The molecule has 0 aliphatic rings. The van der Waals surface area contributed by atoms with Gasteiger partial charge in [0.1, 0.15) is 6.10 Å². The number of phosphoric ester groups is 1. The molecule has 0 spiro atoms. The van der Waals surface area contributed by atoms with E-state index >= 15 is 0 Å². The van der Waals surface area contributed by atoms with Crippen LogP contribution in [-0.2, 0) is 27.9 Å². The van der Waals surface area contributed by atoms with Crippen LogP contribution in [0, 0.1) is 0 Å². The molecule has 0 saturated carbocycles. The molecule has 0 amide bonds. The monoisotopic (exact) mass is 886 g/mol. The van der Waals surface area contributed by atoms with Crippen LogP contribution in [0.4, 0.5) is 0 Å². The molecule has 8 nitrogen and oxygen atoms in total. The van der Waals surface area contributed by atoms with Crippen molar-refractivity contribution < 1.29 is 32.8 Å². The van der Waals surface area contributed by atoms with E-state index in [0.717, 1.165) is 64.2 Å². The predicted octanol–water partition coefficient (Wildman–Crippen LogP) is 15.4. The summed E-state index contributed by atoms with van der Waals surface area (Å²) in [4.78, 5) is 22.5. The zero-order valence-corrected chi connectivity index (χ0v) is 40.5. The van der Waals surface area contributed by atoms with Crippen LogP contribution in [0.25, 0.3) is 0 Å². The van der Waals surface area contributed by atoms with E-state index < -0.39 is 13.9 Å². The summed E-state index contributed by atoms with van der Waals surface area (Å²) in [5, 5.41) is 0. The highest BCUT2D eigenvalue weighted by atomic mass is 31.2. The number of carbonyl (C=O) groups excluding carboxylic acids is 1. The van der Waals surface area contributed by atoms with E-state index in [0.29, 0.717) is 13.0 Å². The largest absolute Gasteiger partial charge is 0.472 e. The average Bonchev–Trinajstić information content (AvgIpc) is 3.26. The molecular formula is C53H92NO7P. The van der Waals surface area contributed by atoms with E-state index in [4.69, 9.17) is 24.3 Å². The molecule has 0 saturated heterocycles. The highest BCUT2D eigenvalue weighted by molar-refractivity contribution is 7.47. The molecule has 2 atom stereocenters. The maximum absolute atomic E-state index is 12.6. The second-order valence-electron chi connectivity index (χ2n) is 15.9. The van der Waals surface area contributed by atoms with E-state index in [1.807, 2.05) is 0 Å². The smallest absolute Gasteiger partial charge is 0.457 e. The van der Waals surface area contributed by atoms with Gasteiger partial charge in [0.15, 0.2) is 0 Å². The topological polar surface area (TPSA) is 117 Å². The summed E-state index contributed by atoms with van der Waals surface area (Å²) < 4.78 is 33.5. The summed E-state index contributed by atoms with van der Waals surface area (Å²) in [5.41, 5.74) is 5.38. The van der Waals surface area contributed by atoms with Gasteiger partial charge in [-0.1, -0.05) is 195 Å². The number of allylic oxidation sites excluding steroid dienone is 16. The van der Waals surface area contributed by atoms with Crippen molar-refractivity contribution >= 4 is 13.8 Å². The van der Waals surface area contributed by atoms with E-state index in [2.05, 4.69) is 111 Å².